The van der Waals surface area contributed by atoms with E-state index >= 15 is 0 Å². The van der Waals surface area contributed by atoms with Gasteiger partial charge in [0.15, 0.2) is 5.82 Å². The van der Waals surface area contributed by atoms with Crippen LogP contribution in [0.25, 0.3) is 11.4 Å². The van der Waals surface area contributed by atoms with Gasteiger partial charge < -0.3 is 10.1 Å². The first-order valence-electron chi connectivity index (χ1n) is 5.53. The number of nitrogens with zero attached hydrogens (tertiary/aromatic N) is 2. The van der Waals surface area contributed by atoms with Gasteiger partial charge in [0.1, 0.15) is 5.82 Å². The van der Waals surface area contributed by atoms with Crippen LogP contribution in [-0.4, -0.2) is 24.1 Å². The second kappa shape index (κ2) is 5.93. The van der Waals surface area contributed by atoms with Gasteiger partial charge in [0.2, 0.25) is 0 Å². The molecule has 0 aliphatic heterocycles. The summed E-state index contributed by atoms with van der Waals surface area (Å²) in [4.78, 5) is 8.77. The number of aromatic nitrogens is 2. The maximum atomic E-state index is 5.12. The number of rotatable bonds is 4. The molecule has 4 nitrogen and oxygen atoms in total. The highest BCUT2D eigenvalue weighted by Gasteiger charge is 2.06. The zero-order chi connectivity index (χ0) is 13.0. The van der Waals surface area contributed by atoms with Crippen molar-refractivity contribution >= 4 is 21.7 Å². The summed E-state index contributed by atoms with van der Waals surface area (Å²) in [5, 5.41) is 3.02. The van der Waals surface area contributed by atoms with E-state index in [2.05, 4.69) is 31.2 Å². The average molecular weight is 308 g/mol. The van der Waals surface area contributed by atoms with E-state index in [4.69, 9.17) is 4.74 Å². The lowest BCUT2D eigenvalue weighted by atomic mass is 10.1. The highest BCUT2D eigenvalue weighted by Crippen LogP contribution is 2.23. The Balaban J connectivity index is 2.38. The molecule has 0 atom stereocenters. The highest BCUT2D eigenvalue weighted by atomic mass is 79.9. The fraction of sp³-hybridized carbons (Fsp3) is 0.231. The van der Waals surface area contributed by atoms with E-state index in [1.165, 1.54) is 0 Å². The van der Waals surface area contributed by atoms with Crippen LogP contribution in [0, 0.1) is 0 Å². The lowest BCUT2D eigenvalue weighted by molar-refractivity contribution is 0.185. The van der Waals surface area contributed by atoms with Crippen molar-refractivity contribution in [1.29, 1.82) is 0 Å². The lowest BCUT2D eigenvalue weighted by Gasteiger charge is -2.07. The maximum Gasteiger partial charge on any atom is 0.161 e. The Bertz CT molecular complexity index is 546. The molecule has 1 heterocycles. The van der Waals surface area contributed by atoms with Crippen molar-refractivity contribution in [2.45, 2.75) is 6.61 Å². The first-order valence-corrected chi connectivity index (χ1v) is 6.32. The number of nitrogens with one attached hydrogen (secondary N) is 1. The largest absolute Gasteiger partial charge is 0.380 e. The van der Waals surface area contributed by atoms with Crippen molar-refractivity contribution in [1.82, 2.24) is 9.97 Å². The van der Waals surface area contributed by atoms with Gasteiger partial charge >= 0.3 is 0 Å². The summed E-state index contributed by atoms with van der Waals surface area (Å²) in [6.45, 7) is 0.587. The molecule has 2 rings (SSSR count). The molecule has 0 bridgehead atoms. The predicted molar refractivity (Wildman–Crippen MR) is 75.4 cm³/mol. The van der Waals surface area contributed by atoms with Crippen LogP contribution in [0.3, 0.4) is 0 Å². The second-order valence-electron chi connectivity index (χ2n) is 3.77. The number of benzene rings is 1. The summed E-state index contributed by atoms with van der Waals surface area (Å²) >= 11 is 3.39. The fourth-order valence-electron chi connectivity index (χ4n) is 1.65. The van der Waals surface area contributed by atoms with Crippen molar-refractivity contribution < 1.29 is 4.74 Å². The van der Waals surface area contributed by atoms with Gasteiger partial charge in [-0.05, 0) is 27.6 Å². The third-order valence-electron chi connectivity index (χ3n) is 2.48. The molecule has 0 aliphatic carbocycles. The normalized spacial score (nSPS) is 10.4. The zero-order valence-corrected chi connectivity index (χ0v) is 11.9. The minimum absolute atomic E-state index is 0.587. The van der Waals surface area contributed by atoms with Crippen LogP contribution < -0.4 is 5.32 Å². The van der Waals surface area contributed by atoms with Crippen molar-refractivity contribution in [2.75, 3.05) is 19.5 Å². The molecule has 0 aliphatic rings. The molecule has 5 heteroatoms. The molecule has 0 fully saturated rings. The van der Waals surface area contributed by atoms with Crippen LogP contribution in [0.2, 0.25) is 0 Å². The molecule has 94 valence electrons. The molecule has 18 heavy (non-hydrogen) atoms. The summed E-state index contributed by atoms with van der Waals surface area (Å²) in [6, 6.07) is 8.02. The van der Waals surface area contributed by atoms with E-state index in [-0.39, 0.29) is 0 Å². The average Bonchev–Trinajstić information content (AvgIpc) is 2.40. The lowest BCUT2D eigenvalue weighted by Crippen LogP contribution is -1.98. The summed E-state index contributed by atoms with van der Waals surface area (Å²) in [5.41, 5.74) is 2.08. The number of ether oxygens (including phenoxy) is 1. The standard InChI is InChI=1S/C13H14BrN3O/c1-15-13-11(14)7-16-12(17-13)10-5-3-4-9(6-10)8-18-2/h3-7H,8H2,1-2H3,(H,15,16,17). The molecule has 1 aromatic heterocycles. The van der Waals surface area contributed by atoms with Gasteiger partial charge in [-0.3, -0.25) is 0 Å². The van der Waals surface area contributed by atoms with Gasteiger partial charge in [-0.2, -0.15) is 0 Å². The Morgan fingerprint density at radius 1 is 1.39 bits per heavy atom. The number of anilines is 1. The third-order valence-corrected chi connectivity index (χ3v) is 3.06. The van der Waals surface area contributed by atoms with Gasteiger partial charge in [0, 0.05) is 25.9 Å². The molecular formula is C13H14BrN3O. The SMILES string of the molecule is CNc1nc(-c2cccc(COC)c2)ncc1Br. The van der Waals surface area contributed by atoms with Crippen LogP contribution in [0.1, 0.15) is 5.56 Å². The molecule has 0 amide bonds. The van der Waals surface area contributed by atoms with E-state index < -0.39 is 0 Å². The number of hydrogen-bond donors (Lipinski definition) is 1. The van der Waals surface area contributed by atoms with Crippen molar-refractivity contribution in [3.8, 4) is 11.4 Å². The minimum atomic E-state index is 0.587. The Labute approximate surface area is 115 Å². The summed E-state index contributed by atoms with van der Waals surface area (Å²) in [6.07, 6.45) is 1.75. The molecule has 2 aromatic rings. The highest BCUT2D eigenvalue weighted by molar-refractivity contribution is 9.10. The van der Waals surface area contributed by atoms with Crippen LogP contribution >= 0.6 is 15.9 Å². The monoisotopic (exact) mass is 307 g/mol. The molecular weight excluding hydrogens is 294 g/mol. The smallest absolute Gasteiger partial charge is 0.161 e. The Morgan fingerprint density at radius 2 is 2.22 bits per heavy atom. The predicted octanol–water partition coefficient (Wildman–Crippen LogP) is 3.09. The van der Waals surface area contributed by atoms with Crippen molar-refractivity contribution in [3.05, 3.63) is 40.5 Å². The number of halogens is 1. The molecule has 0 radical (unpaired) electrons. The van der Waals surface area contributed by atoms with Crippen molar-refractivity contribution in [2.24, 2.45) is 0 Å². The number of hydrogen-bond acceptors (Lipinski definition) is 4. The van der Waals surface area contributed by atoms with Gasteiger partial charge in [-0.25, -0.2) is 9.97 Å². The molecule has 0 saturated carbocycles. The van der Waals surface area contributed by atoms with Gasteiger partial charge in [0.05, 0.1) is 11.1 Å². The third kappa shape index (κ3) is 2.86. The van der Waals surface area contributed by atoms with E-state index in [0.29, 0.717) is 12.4 Å². The fourth-order valence-corrected chi connectivity index (χ4v) is 2.04. The Kier molecular flexibility index (Phi) is 4.28. The molecule has 1 aromatic carbocycles. The zero-order valence-electron chi connectivity index (χ0n) is 10.3. The first kappa shape index (κ1) is 13.0. The Morgan fingerprint density at radius 3 is 2.94 bits per heavy atom. The Hall–Kier alpha value is -1.46. The van der Waals surface area contributed by atoms with Crippen LogP contribution in [0.4, 0.5) is 5.82 Å². The first-order chi connectivity index (χ1) is 8.74. The summed E-state index contributed by atoms with van der Waals surface area (Å²) in [5.74, 6) is 1.47. The summed E-state index contributed by atoms with van der Waals surface area (Å²) in [7, 11) is 3.51. The van der Waals surface area contributed by atoms with E-state index in [9.17, 15) is 0 Å². The molecule has 1 N–H and O–H groups in total. The van der Waals surface area contributed by atoms with Crippen LogP contribution in [0.15, 0.2) is 34.9 Å². The molecule has 0 saturated heterocycles. The van der Waals surface area contributed by atoms with Gasteiger partial charge in [-0.15, -0.1) is 0 Å². The quantitative estimate of drug-likeness (QED) is 0.943. The van der Waals surface area contributed by atoms with Crippen LogP contribution in [-0.2, 0) is 11.3 Å². The minimum Gasteiger partial charge on any atom is -0.380 e. The molecule has 0 unspecified atom stereocenters. The van der Waals surface area contributed by atoms with E-state index in [0.717, 1.165) is 21.4 Å². The molecule has 0 spiro atoms. The second-order valence-corrected chi connectivity index (χ2v) is 4.63. The maximum absolute atomic E-state index is 5.12. The number of methoxy groups -OCH3 is 1. The van der Waals surface area contributed by atoms with Gasteiger partial charge in [0.25, 0.3) is 0 Å². The van der Waals surface area contributed by atoms with Crippen LogP contribution in [0.5, 0.6) is 0 Å². The van der Waals surface area contributed by atoms with E-state index in [1.54, 1.807) is 13.3 Å². The van der Waals surface area contributed by atoms with E-state index in [1.807, 2.05) is 31.3 Å². The summed E-state index contributed by atoms with van der Waals surface area (Å²) < 4.78 is 5.97. The topological polar surface area (TPSA) is 47.0 Å². The van der Waals surface area contributed by atoms with Gasteiger partial charge in [-0.1, -0.05) is 18.2 Å². The van der Waals surface area contributed by atoms with Crippen molar-refractivity contribution in [3.63, 3.8) is 0 Å².